The first-order chi connectivity index (χ1) is 12.9. The molecule has 150 valence electrons. The number of hydrogen-bond acceptors (Lipinski definition) is 5. The Kier molecular flexibility index (Phi) is 7.33. The molecule has 0 radical (unpaired) electrons. The SMILES string of the molecule is CCOc1cc(C(=O)N2CC(C(=O)O)CCC2C)cc(OCC)c1OCC. The maximum Gasteiger partial charge on any atom is 0.308 e. The maximum absolute atomic E-state index is 13.1. The predicted octanol–water partition coefficient (Wildman–Crippen LogP) is 3.21. The van der Waals surface area contributed by atoms with Gasteiger partial charge in [0.25, 0.3) is 5.91 Å². The number of likely N-dealkylation sites (tertiary alicyclic amines) is 1. The first kappa shape index (κ1) is 20.9. The molecular formula is C20H29NO6. The molecule has 1 aliphatic heterocycles. The third-order valence-corrected chi connectivity index (χ3v) is 4.65. The second-order valence-corrected chi connectivity index (χ2v) is 6.52. The van der Waals surface area contributed by atoms with E-state index < -0.39 is 11.9 Å². The number of piperidine rings is 1. The molecule has 1 aliphatic rings. The fourth-order valence-corrected chi connectivity index (χ4v) is 3.27. The summed E-state index contributed by atoms with van der Waals surface area (Å²) in [6.45, 7) is 9.01. The molecule has 1 heterocycles. The fraction of sp³-hybridized carbons (Fsp3) is 0.600. The lowest BCUT2D eigenvalue weighted by Gasteiger charge is -2.36. The smallest absolute Gasteiger partial charge is 0.308 e. The molecule has 1 amide bonds. The van der Waals surface area contributed by atoms with Crippen molar-refractivity contribution >= 4 is 11.9 Å². The van der Waals surface area contributed by atoms with Crippen LogP contribution in [0.4, 0.5) is 0 Å². The summed E-state index contributed by atoms with van der Waals surface area (Å²) in [7, 11) is 0. The Morgan fingerprint density at radius 1 is 1.04 bits per heavy atom. The topological polar surface area (TPSA) is 85.3 Å². The lowest BCUT2D eigenvalue weighted by Crippen LogP contribution is -2.47. The van der Waals surface area contributed by atoms with E-state index >= 15 is 0 Å². The minimum atomic E-state index is -0.864. The van der Waals surface area contributed by atoms with Crippen molar-refractivity contribution in [2.24, 2.45) is 5.92 Å². The molecule has 1 aromatic carbocycles. The van der Waals surface area contributed by atoms with Crippen LogP contribution in [0.2, 0.25) is 0 Å². The summed E-state index contributed by atoms with van der Waals surface area (Å²) in [6.07, 6.45) is 1.24. The molecule has 0 aliphatic carbocycles. The molecule has 1 fully saturated rings. The minimum absolute atomic E-state index is 0.0224. The van der Waals surface area contributed by atoms with Crippen molar-refractivity contribution in [3.63, 3.8) is 0 Å². The van der Waals surface area contributed by atoms with Crippen molar-refractivity contribution in [1.82, 2.24) is 4.90 Å². The zero-order valence-electron chi connectivity index (χ0n) is 16.5. The van der Waals surface area contributed by atoms with E-state index in [-0.39, 0.29) is 18.5 Å². The number of carboxylic acids is 1. The number of carbonyl (C=O) groups is 2. The molecule has 1 N–H and O–H groups in total. The van der Waals surface area contributed by atoms with Gasteiger partial charge in [-0.3, -0.25) is 9.59 Å². The van der Waals surface area contributed by atoms with Crippen LogP contribution in [0.25, 0.3) is 0 Å². The highest BCUT2D eigenvalue weighted by Crippen LogP contribution is 2.40. The number of amides is 1. The van der Waals surface area contributed by atoms with E-state index in [1.54, 1.807) is 17.0 Å². The molecule has 1 aromatic rings. The van der Waals surface area contributed by atoms with Crippen LogP contribution in [0.1, 0.15) is 50.9 Å². The number of hydrogen-bond donors (Lipinski definition) is 1. The molecular weight excluding hydrogens is 350 g/mol. The minimum Gasteiger partial charge on any atom is -0.490 e. The van der Waals surface area contributed by atoms with Gasteiger partial charge >= 0.3 is 5.97 Å². The number of benzene rings is 1. The van der Waals surface area contributed by atoms with Gasteiger partial charge in [0.1, 0.15) is 0 Å². The molecule has 0 aromatic heterocycles. The highest BCUT2D eigenvalue weighted by Gasteiger charge is 2.33. The van der Waals surface area contributed by atoms with Crippen molar-refractivity contribution in [3.8, 4) is 17.2 Å². The van der Waals surface area contributed by atoms with Gasteiger partial charge in [0.2, 0.25) is 5.75 Å². The highest BCUT2D eigenvalue weighted by molar-refractivity contribution is 5.96. The van der Waals surface area contributed by atoms with Gasteiger partial charge in [-0.1, -0.05) is 0 Å². The van der Waals surface area contributed by atoms with Crippen molar-refractivity contribution in [2.45, 2.75) is 46.6 Å². The van der Waals surface area contributed by atoms with E-state index in [4.69, 9.17) is 14.2 Å². The number of carbonyl (C=O) groups excluding carboxylic acids is 1. The van der Waals surface area contributed by atoms with Gasteiger partial charge in [-0.05, 0) is 52.7 Å². The average Bonchev–Trinajstić information content (AvgIpc) is 2.64. The van der Waals surface area contributed by atoms with E-state index in [9.17, 15) is 14.7 Å². The van der Waals surface area contributed by atoms with Gasteiger partial charge in [0.05, 0.1) is 25.7 Å². The summed E-state index contributed by atoms with van der Waals surface area (Å²) in [6, 6.07) is 3.28. The third kappa shape index (κ3) is 4.84. The number of rotatable bonds is 8. The van der Waals surface area contributed by atoms with Gasteiger partial charge in [-0.25, -0.2) is 0 Å². The Balaban J connectivity index is 2.40. The molecule has 0 spiro atoms. The number of ether oxygens (including phenoxy) is 3. The highest BCUT2D eigenvalue weighted by atomic mass is 16.5. The Morgan fingerprint density at radius 2 is 1.59 bits per heavy atom. The van der Waals surface area contributed by atoms with Gasteiger partial charge in [0, 0.05) is 18.2 Å². The van der Waals surface area contributed by atoms with E-state index in [2.05, 4.69) is 0 Å². The number of aliphatic carboxylic acids is 1. The molecule has 27 heavy (non-hydrogen) atoms. The molecule has 7 heteroatoms. The summed E-state index contributed by atoms with van der Waals surface area (Å²) < 4.78 is 17.0. The molecule has 7 nitrogen and oxygen atoms in total. The lowest BCUT2D eigenvalue weighted by molar-refractivity contribution is -0.143. The zero-order valence-corrected chi connectivity index (χ0v) is 16.5. The van der Waals surface area contributed by atoms with E-state index in [1.807, 2.05) is 27.7 Å². The number of nitrogens with zero attached hydrogens (tertiary/aromatic N) is 1. The largest absolute Gasteiger partial charge is 0.490 e. The van der Waals surface area contributed by atoms with Crippen LogP contribution in [0, 0.1) is 5.92 Å². The average molecular weight is 379 g/mol. The lowest BCUT2D eigenvalue weighted by atomic mass is 9.93. The van der Waals surface area contributed by atoms with Crippen LogP contribution < -0.4 is 14.2 Å². The monoisotopic (exact) mass is 379 g/mol. The Hall–Kier alpha value is -2.44. The predicted molar refractivity (Wildman–Crippen MR) is 101 cm³/mol. The summed E-state index contributed by atoms with van der Waals surface area (Å²) in [5.74, 6) is -0.241. The molecule has 0 bridgehead atoms. The number of carboxylic acid groups (broad SMARTS) is 1. The van der Waals surface area contributed by atoms with E-state index in [0.29, 0.717) is 55.5 Å². The molecule has 2 unspecified atom stereocenters. The summed E-state index contributed by atoms with van der Waals surface area (Å²) in [5.41, 5.74) is 0.406. The second-order valence-electron chi connectivity index (χ2n) is 6.52. The quantitative estimate of drug-likeness (QED) is 0.746. The zero-order chi connectivity index (χ0) is 20.0. The van der Waals surface area contributed by atoms with Crippen LogP contribution in [-0.4, -0.2) is 54.3 Å². The van der Waals surface area contributed by atoms with Crippen molar-refractivity contribution in [3.05, 3.63) is 17.7 Å². The van der Waals surface area contributed by atoms with Crippen LogP contribution >= 0.6 is 0 Å². The first-order valence-corrected chi connectivity index (χ1v) is 9.53. The first-order valence-electron chi connectivity index (χ1n) is 9.53. The molecule has 2 rings (SSSR count). The second kappa shape index (κ2) is 9.48. The van der Waals surface area contributed by atoms with Crippen LogP contribution in [0.5, 0.6) is 17.2 Å². The summed E-state index contributed by atoms with van der Waals surface area (Å²) in [4.78, 5) is 26.1. The molecule has 1 saturated heterocycles. The van der Waals surface area contributed by atoms with Gasteiger partial charge < -0.3 is 24.2 Å². The van der Waals surface area contributed by atoms with Crippen LogP contribution in [0.3, 0.4) is 0 Å². The van der Waals surface area contributed by atoms with Crippen LogP contribution in [0.15, 0.2) is 12.1 Å². The maximum atomic E-state index is 13.1. The summed E-state index contributed by atoms with van der Waals surface area (Å²) >= 11 is 0. The normalized spacial score (nSPS) is 19.5. The third-order valence-electron chi connectivity index (χ3n) is 4.65. The van der Waals surface area contributed by atoms with E-state index in [0.717, 1.165) is 0 Å². The van der Waals surface area contributed by atoms with Crippen molar-refractivity contribution in [2.75, 3.05) is 26.4 Å². The molecule has 0 saturated carbocycles. The molecule has 2 atom stereocenters. The Bertz CT molecular complexity index is 647. The standard InChI is InChI=1S/C20H29NO6/c1-5-25-16-10-15(11-17(26-6-2)18(16)27-7-3)19(22)21-12-14(20(23)24)9-8-13(21)4/h10-11,13-14H,5-9,12H2,1-4H3,(H,23,24). The Labute approximate surface area is 160 Å². The van der Waals surface area contributed by atoms with E-state index in [1.165, 1.54) is 0 Å². The van der Waals surface area contributed by atoms with Crippen molar-refractivity contribution < 1.29 is 28.9 Å². The van der Waals surface area contributed by atoms with Crippen LogP contribution in [-0.2, 0) is 4.79 Å². The summed E-state index contributed by atoms with van der Waals surface area (Å²) in [5, 5.41) is 9.32. The van der Waals surface area contributed by atoms with Gasteiger partial charge in [0.15, 0.2) is 11.5 Å². The van der Waals surface area contributed by atoms with Gasteiger partial charge in [-0.2, -0.15) is 0 Å². The fourth-order valence-electron chi connectivity index (χ4n) is 3.27. The van der Waals surface area contributed by atoms with Gasteiger partial charge in [-0.15, -0.1) is 0 Å². The van der Waals surface area contributed by atoms with Crippen molar-refractivity contribution in [1.29, 1.82) is 0 Å². The Morgan fingerprint density at radius 3 is 2.07 bits per heavy atom.